The van der Waals surface area contributed by atoms with Gasteiger partial charge in [0.1, 0.15) is 6.54 Å². The lowest BCUT2D eigenvalue weighted by atomic mass is 9.92. The molecule has 1 aromatic carbocycles. The number of hydrogen-bond donors (Lipinski definition) is 1. The number of benzene rings is 1. The predicted octanol–water partition coefficient (Wildman–Crippen LogP) is 2.79. The van der Waals surface area contributed by atoms with Gasteiger partial charge >= 0.3 is 0 Å². The number of nitrogens with one attached hydrogen (secondary N) is 1. The highest BCUT2D eigenvalue weighted by molar-refractivity contribution is 5.76. The van der Waals surface area contributed by atoms with E-state index in [0.29, 0.717) is 5.82 Å². The second-order valence-corrected chi connectivity index (χ2v) is 8.60. The topological polar surface area (TPSA) is 90.5 Å². The molecule has 2 heterocycles. The minimum atomic E-state index is -0.125. The van der Waals surface area contributed by atoms with Crippen molar-refractivity contribution in [3.8, 4) is 11.4 Å². The van der Waals surface area contributed by atoms with Crippen LogP contribution >= 0.6 is 0 Å². The Morgan fingerprint density at radius 3 is 2.83 bits per heavy atom. The van der Waals surface area contributed by atoms with E-state index in [0.717, 1.165) is 36.0 Å². The van der Waals surface area contributed by atoms with Gasteiger partial charge in [0.15, 0.2) is 0 Å². The van der Waals surface area contributed by atoms with Crippen molar-refractivity contribution >= 4 is 5.91 Å². The van der Waals surface area contributed by atoms with Gasteiger partial charge in [-0.25, -0.2) is 0 Å². The number of nitrogens with zero attached hydrogens (tertiary/aromatic N) is 6. The Labute approximate surface area is 170 Å². The summed E-state index contributed by atoms with van der Waals surface area (Å²) in [5.74, 6) is 0.405. The van der Waals surface area contributed by atoms with Crippen molar-refractivity contribution in [1.29, 1.82) is 0 Å². The molecule has 1 aliphatic carbocycles. The molecule has 0 unspecified atom stereocenters. The molecule has 0 fully saturated rings. The first kappa shape index (κ1) is 19.3. The molecule has 2 aromatic heterocycles. The number of fused-ring (bicyclic) bond motifs is 1. The van der Waals surface area contributed by atoms with Crippen molar-refractivity contribution in [1.82, 2.24) is 35.3 Å². The van der Waals surface area contributed by atoms with Crippen LogP contribution in [0.15, 0.2) is 30.5 Å². The first-order valence-corrected chi connectivity index (χ1v) is 10.0. The number of carbonyl (C=O) groups is 1. The van der Waals surface area contributed by atoms with Gasteiger partial charge in [-0.1, -0.05) is 24.3 Å². The van der Waals surface area contributed by atoms with E-state index in [1.54, 1.807) is 0 Å². The van der Waals surface area contributed by atoms with Crippen molar-refractivity contribution in [2.75, 3.05) is 0 Å². The maximum absolute atomic E-state index is 12.6. The lowest BCUT2D eigenvalue weighted by Crippen LogP contribution is -2.34. The van der Waals surface area contributed by atoms with Gasteiger partial charge in [0.05, 0.1) is 17.8 Å². The van der Waals surface area contributed by atoms with E-state index < -0.39 is 0 Å². The third-order valence-corrected chi connectivity index (χ3v) is 5.28. The normalized spacial score (nSPS) is 16.5. The fourth-order valence-corrected chi connectivity index (χ4v) is 3.90. The molecule has 1 atom stereocenters. The molecule has 4 rings (SSSR count). The summed E-state index contributed by atoms with van der Waals surface area (Å²) >= 11 is 0. The summed E-state index contributed by atoms with van der Waals surface area (Å²) in [6.07, 6.45) is 4.82. The number of carbonyl (C=O) groups excluding carboxylic acids is 1. The molecule has 1 N–H and O–H groups in total. The zero-order chi connectivity index (χ0) is 20.6. The number of rotatable bonds is 4. The van der Waals surface area contributed by atoms with Crippen LogP contribution in [0.2, 0.25) is 0 Å². The van der Waals surface area contributed by atoms with Gasteiger partial charge in [-0.15, -0.1) is 10.2 Å². The van der Waals surface area contributed by atoms with Crippen LogP contribution in [0.3, 0.4) is 0 Å². The fourth-order valence-electron chi connectivity index (χ4n) is 3.90. The molecule has 8 heteroatoms. The van der Waals surface area contributed by atoms with E-state index in [2.05, 4.69) is 51.3 Å². The lowest BCUT2D eigenvalue weighted by Gasteiger charge is -2.28. The molecule has 152 valence electrons. The second-order valence-electron chi connectivity index (χ2n) is 8.60. The third kappa shape index (κ3) is 3.92. The number of hydrogen-bond acceptors (Lipinski definition) is 5. The Kier molecular flexibility index (Phi) is 4.94. The summed E-state index contributed by atoms with van der Waals surface area (Å²) < 4.78 is 2.08. The summed E-state index contributed by atoms with van der Waals surface area (Å²) in [6.45, 7) is 8.47. The highest BCUT2D eigenvalue weighted by Gasteiger charge is 2.29. The molecule has 1 aliphatic rings. The molecule has 0 aliphatic heterocycles. The van der Waals surface area contributed by atoms with Gasteiger partial charge in [0.25, 0.3) is 0 Å². The van der Waals surface area contributed by atoms with E-state index in [4.69, 9.17) is 0 Å². The molecule has 0 radical (unpaired) electrons. The zero-order valence-electron chi connectivity index (χ0n) is 17.4. The Balaban J connectivity index is 1.46. The molecular formula is C21H27N7O. The van der Waals surface area contributed by atoms with E-state index in [1.165, 1.54) is 10.5 Å². The molecule has 0 bridgehead atoms. The highest BCUT2D eigenvalue weighted by atomic mass is 16.2. The molecule has 8 nitrogen and oxygen atoms in total. The van der Waals surface area contributed by atoms with Gasteiger partial charge in [-0.05, 0) is 57.7 Å². The van der Waals surface area contributed by atoms with E-state index >= 15 is 0 Å². The molecule has 1 amide bonds. The zero-order valence-corrected chi connectivity index (χ0v) is 17.4. The monoisotopic (exact) mass is 393 g/mol. The van der Waals surface area contributed by atoms with Gasteiger partial charge < -0.3 is 5.32 Å². The number of aryl methyl sites for hydroxylation is 1. The van der Waals surface area contributed by atoms with Crippen molar-refractivity contribution in [3.63, 3.8) is 0 Å². The largest absolute Gasteiger partial charge is 0.348 e. The second kappa shape index (κ2) is 7.42. The smallest absolute Gasteiger partial charge is 0.244 e. The van der Waals surface area contributed by atoms with Crippen LogP contribution in [-0.4, -0.2) is 35.9 Å². The van der Waals surface area contributed by atoms with Crippen molar-refractivity contribution in [2.24, 2.45) is 0 Å². The fraction of sp³-hybridized carbons (Fsp3) is 0.476. The van der Waals surface area contributed by atoms with Crippen molar-refractivity contribution in [2.45, 2.75) is 65.1 Å². The average molecular weight is 393 g/mol. The maximum Gasteiger partial charge on any atom is 0.244 e. The molecule has 0 saturated heterocycles. The molecule has 0 saturated carbocycles. The minimum absolute atomic E-state index is 0.0262. The van der Waals surface area contributed by atoms with Crippen LogP contribution < -0.4 is 5.32 Å². The summed E-state index contributed by atoms with van der Waals surface area (Å²) in [6, 6.07) is 7.83. The van der Waals surface area contributed by atoms with Crippen LogP contribution in [-0.2, 0) is 23.3 Å². The minimum Gasteiger partial charge on any atom is -0.348 e. The van der Waals surface area contributed by atoms with E-state index in [1.807, 2.05) is 37.4 Å². The maximum atomic E-state index is 12.6. The summed E-state index contributed by atoms with van der Waals surface area (Å²) in [4.78, 5) is 14.0. The molecule has 3 aromatic rings. The SMILES string of the molecule is Cc1ccccc1-c1nnn(CC(=O)N[C@H]2CCCc3c2cnn3C(C)(C)C)n1. The van der Waals surface area contributed by atoms with Gasteiger partial charge in [-0.3, -0.25) is 9.48 Å². The number of tetrazole rings is 1. The molecule has 29 heavy (non-hydrogen) atoms. The van der Waals surface area contributed by atoms with E-state index in [-0.39, 0.29) is 24.0 Å². The van der Waals surface area contributed by atoms with Crippen LogP contribution in [0.25, 0.3) is 11.4 Å². The first-order chi connectivity index (χ1) is 13.8. The Bertz CT molecular complexity index is 1030. The van der Waals surface area contributed by atoms with Crippen LogP contribution in [0.5, 0.6) is 0 Å². The standard InChI is InChI=1S/C21H27N7O/c1-14-8-5-6-9-15(14)20-24-26-27(25-20)13-19(29)23-17-10-7-11-18-16(17)12-22-28(18)21(2,3)4/h5-6,8-9,12,17H,7,10-11,13H2,1-4H3,(H,23,29)/t17-/m0/s1. The predicted molar refractivity (Wildman–Crippen MR) is 109 cm³/mol. The quantitative estimate of drug-likeness (QED) is 0.736. The van der Waals surface area contributed by atoms with Crippen LogP contribution in [0, 0.1) is 6.92 Å². The number of amides is 1. The van der Waals surface area contributed by atoms with Crippen molar-refractivity contribution < 1.29 is 4.79 Å². The van der Waals surface area contributed by atoms with E-state index in [9.17, 15) is 4.79 Å². The Morgan fingerprint density at radius 1 is 1.28 bits per heavy atom. The molecule has 0 spiro atoms. The van der Waals surface area contributed by atoms with Crippen molar-refractivity contribution in [3.05, 3.63) is 47.3 Å². The van der Waals surface area contributed by atoms with Gasteiger partial charge in [0.2, 0.25) is 11.7 Å². The van der Waals surface area contributed by atoms with Gasteiger partial charge in [0, 0.05) is 16.8 Å². The lowest BCUT2D eigenvalue weighted by molar-refractivity contribution is -0.122. The van der Waals surface area contributed by atoms with Crippen LogP contribution in [0.1, 0.15) is 56.5 Å². The number of aromatic nitrogens is 6. The summed E-state index contributed by atoms with van der Waals surface area (Å²) in [5, 5.41) is 20.2. The molecular weight excluding hydrogens is 366 g/mol. The van der Waals surface area contributed by atoms with Gasteiger partial charge in [-0.2, -0.15) is 9.90 Å². The summed E-state index contributed by atoms with van der Waals surface area (Å²) in [7, 11) is 0. The highest BCUT2D eigenvalue weighted by Crippen LogP contribution is 2.32. The Hall–Kier alpha value is -3.03. The first-order valence-electron chi connectivity index (χ1n) is 10.0. The average Bonchev–Trinajstić information content (AvgIpc) is 3.29. The Morgan fingerprint density at radius 2 is 2.07 bits per heavy atom. The van der Waals surface area contributed by atoms with Crippen LogP contribution in [0.4, 0.5) is 0 Å². The third-order valence-electron chi connectivity index (χ3n) is 5.28. The summed E-state index contributed by atoms with van der Waals surface area (Å²) in [5.41, 5.74) is 4.25.